The smallest absolute Gasteiger partial charge is 0.118 e. The Kier molecular flexibility index (Phi) is 8.91. The van der Waals surface area contributed by atoms with E-state index in [2.05, 4.69) is 149 Å². The van der Waals surface area contributed by atoms with E-state index in [1.807, 2.05) is 0 Å². The molecule has 0 aromatic heterocycles. The van der Waals surface area contributed by atoms with Gasteiger partial charge in [0.05, 0.1) is 27.7 Å². The highest BCUT2D eigenvalue weighted by molar-refractivity contribution is 7.14. The third kappa shape index (κ3) is 5.80. The van der Waals surface area contributed by atoms with Gasteiger partial charge in [-0.05, 0) is 56.3 Å². The minimum Gasteiger partial charge on any atom is -1.00 e. The zero-order valence-corrected chi connectivity index (χ0v) is 26.2. The van der Waals surface area contributed by atoms with E-state index in [9.17, 15) is 0 Å². The van der Waals surface area contributed by atoms with Gasteiger partial charge in [0, 0.05) is 0 Å². The molecule has 0 spiro atoms. The number of hydrogen-bond donors (Lipinski definition) is 0. The van der Waals surface area contributed by atoms with Gasteiger partial charge in [-0.25, -0.2) is 0 Å². The Morgan fingerprint density at radius 2 is 0.816 bits per heavy atom. The molecule has 0 N–H and O–H groups in total. The molecule has 194 valence electrons. The van der Waals surface area contributed by atoms with E-state index in [0.717, 1.165) is 4.48 Å². The van der Waals surface area contributed by atoms with Crippen LogP contribution in [0.3, 0.4) is 0 Å². The summed E-state index contributed by atoms with van der Waals surface area (Å²) in [6.45, 7) is 3.81. The first-order valence-corrected chi connectivity index (χ1v) is 16.1. The zero-order chi connectivity index (χ0) is 25.9. The molecule has 0 radical (unpaired) electrons. The lowest BCUT2D eigenvalue weighted by Crippen LogP contribution is -3.00. The van der Waals surface area contributed by atoms with Gasteiger partial charge in [-0.1, -0.05) is 128 Å². The first kappa shape index (κ1) is 28.3. The molecular weight excluding hydrogens is 589 g/mol. The standard InChI is InChI=1S/C35H38NSi.HI/c1-36(2,3)26-17-27-37(4)34(30-22-13-7-14-23-30)32(28-18-9-5-10-19-28)33(29-20-11-6-12-21-29)35(37)31-24-15-8-16-25-31;/h5-16,18-25H,17,26-27H2,1-4H3;1H/q+1;/p-1. The van der Waals surface area contributed by atoms with Gasteiger partial charge in [0.15, 0.2) is 0 Å². The second-order valence-electron chi connectivity index (χ2n) is 11.4. The average molecular weight is 628 g/mol. The van der Waals surface area contributed by atoms with Crippen LogP contribution in [-0.2, 0) is 0 Å². The predicted octanol–water partition coefficient (Wildman–Crippen LogP) is 5.48. The van der Waals surface area contributed by atoms with Crippen molar-refractivity contribution in [3.8, 4) is 0 Å². The SMILES string of the molecule is C[N+](C)(C)CCC[Si]1(C)C(c2ccccc2)=C(c2ccccc2)C(c2ccccc2)=C1c1ccccc1.[I-]. The molecule has 0 saturated heterocycles. The van der Waals surface area contributed by atoms with Gasteiger partial charge >= 0.3 is 0 Å². The fraction of sp³-hybridized carbons (Fsp3) is 0.200. The van der Waals surface area contributed by atoms with Crippen molar-refractivity contribution in [2.24, 2.45) is 0 Å². The first-order chi connectivity index (χ1) is 17.9. The van der Waals surface area contributed by atoms with Crippen molar-refractivity contribution in [2.45, 2.75) is 19.0 Å². The number of allylic oxidation sites excluding steroid dienone is 2. The molecular formula is C35H38INSi. The van der Waals surface area contributed by atoms with Crippen molar-refractivity contribution >= 4 is 29.6 Å². The van der Waals surface area contributed by atoms with Crippen LogP contribution in [0, 0.1) is 0 Å². The lowest BCUT2D eigenvalue weighted by molar-refractivity contribution is -0.870. The molecule has 0 unspecified atom stereocenters. The van der Waals surface area contributed by atoms with Crippen LogP contribution in [0.4, 0.5) is 0 Å². The topological polar surface area (TPSA) is 0 Å². The highest BCUT2D eigenvalue weighted by Gasteiger charge is 2.46. The summed E-state index contributed by atoms with van der Waals surface area (Å²) in [5.41, 5.74) is 8.24. The molecule has 0 amide bonds. The third-order valence-electron chi connectivity index (χ3n) is 7.61. The second-order valence-corrected chi connectivity index (χ2v) is 15.6. The minimum absolute atomic E-state index is 0. The van der Waals surface area contributed by atoms with Crippen LogP contribution in [0.1, 0.15) is 28.7 Å². The maximum absolute atomic E-state index is 2.63. The molecule has 3 heteroatoms. The van der Waals surface area contributed by atoms with Crippen LogP contribution in [0.25, 0.3) is 21.5 Å². The molecule has 1 nitrogen and oxygen atoms in total. The second kappa shape index (κ2) is 12.0. The zero-order valence-electron chi connectivity index (χ0n) is 23.0. The van der Waals surface area contributed by atoms with Crippen molar-refractivity contribution in [3.05, 3.63) is 144 Å². The number of rotatable bonds is 8. The molecule has 5 rings (SSSR count). The van der Waals surface area contributed by atoms with Gasteiger partial charge in [-0.15, -0.1) is 0 Å². The van der Waals surface area contributed by atoms with Crippen LogP contribution in [-0.4, -0.2) is 40.2 Å². The van der Waals surface area contributed by atoms with Crippen molar-refractivity contribution in [3.63, 3.8) is 0 Å². The Bertz CT molecular complexity index is 1300. The van der Waals surface area contributed by atoms with Crippen LogP contribution in [0.2, 0.25) is 12.6 Å². The Balaban J connectivity index is 0.00000336. The molecule has 0 fully saturated rings. The van der Waals surface area contributed by atoms with Crippen molar-refractivity contribution < 1.29 is 28.5 Å². The van der Waals surface area contributed by atoms with E-state index in [-0.39, 0.29) is 24.0 Å². The molecule has 38 heavy (non-hydrogen) atoms. The summed E-state index contributed by atoms with van der Waals surface area (Å²) < 4.78 is 0.996. The Labute approximate surface area is 247 Å². The van der Waals surface area contributed by atoms with E-state index in [1.54, 1.807) is 10.4 Å². The molecule has 4 aromatic rings. The fourth-order valence-corrected chi connectivity index (χ4v) is 10.9. The molecule has 1 heterocycles. The molecule has 0 bridgehead atoms. The highest BCUT2D eigenvalue weighted by atomic mass is 127. The molecule has 0 saturated carbocycles. The quantitative estimate of drug-likeness (QED) is 0.138. The Morgan fingerprint density at radius 3 is 1.13 bits per heavy atom. The van der Waals surface area contributed by atoms with Gasteiger partial charge in [-0.3, -0.25) is 0 Å². The van der Waals surface area contributed by atoms with Crippen LogP contribution in [0.15, 0.2) is 121 Å². The van der Waals surface area contributed by atoms with E-state index in [0.29, 0.717) is 0 Å². The summed E-state index contributed by atoms with van der Waals surface area (Å²) in [6, 6.07) is 45.9. The number of nitrogens with zero attached hydrogens (tertiary/aromatic N) is 1. The first-order valence-electron chi connectivity index (χ1n) is 13.4. The number of halogens is 1. The van der Waals surface area contributed by atoms with E-state index in [4.69, 9.17) is 0 Å². The van der Waals surface area contributed by atoms with Crippen LogP contribution >= 0.6 is 0 Å². The summed E-state index contributed by atoms with van der Waals surface area (Å²) in [5, 5.41) is 3.16. The molecule has 4 aromatic carbocycles. The van der Waals surface area contributed by atoms with Crippen molar-refractivity contribution in [2.75, 3.05) is 27.7 Å². The lowest BCUT2D eigenvalue weighted by atomic mass is 9.89. The largest absolute Gasteiger partial charge is 1.00 e. The summed E-state index contributed by atoms with van der Waals surface area (Å²) in [6.07, 6.45) is 1.21. The van der Waals surface area contributed by atoms with Crippen LogP contribution in [0.5, 0.6) is 0 Å². The third-order valence-corrected chi connectivity index (χ3v) is 12.2. The van der Waals surface area contributed by atoms with Crippen molar-refractivity contribution in [1.82, 2.24) is 0 Å². The molecule has 1 aliphatic rings. The number of hydrogen-bond acceptors (Lipinski definition) is 0. The minimum atomic E-state index is -2.17. The summed E-state index contributed by atoms with van der Waals surface area (Å²) >= 11 is 0. The van der Waals surface area contributed by atoms with Gasteiger partial charge in [0.1, 0.15) is 8.07 Å². The van der Waals surface area contributed by atoms with E-state index < -0.39 is 8.07 Å². The normalized spacial score (nSPS) is 14.9. The molecule has 1 aliphatic heterocycles. The van der Waals surface area contributed by atoms with E-state index in [1.165, 1.54) is 52.4 Å². The highest BCUT2D eigenvalue weighted by Crippen LogP contribution is 2.57. The van der Waals surface area contributed by atoms with Gasteiger partial charge in [0.2, 0.25) is 0 Å². The van der Waals surface area contributed by atoms with Crippen molar-refractivity contribution in [1.29, 1.82) is 0 Å². The summed E-state index contributed by atoms with van der Waals surface area (Å²) in [5.74, 6) is 0. The fourth-order valence-electron chi connectivity index (χ4n) is 6.01. The molecule has 0 aliphatic carbocycles. The van der Waals surface area contributed by atoms with Gasteiger partial charge in [-0.2, -0.15) is 0 Å². The predicted molar refractivity (Wildman–Crippen MR) is 163 cm³/mol. The average Bonchev–Trinajstić information content (AvgIpc) is 3.19. The molecule has 0 atom stereocenters. The Morgan fingerprint density at radius 1 is 0.500 bits per heavy atom. The maximum Gasteiger partial charge on any atom is 0.118 e. The summed E-state index contributed by atoms with van der Waals surface area (Å²) in [4.78, 5) is 0. The van der Waals surface area contributed by atoms with Gasteiger partial charge < -0.3 is 28.5 Å². The maximum atomic E-state index is 2.63. The van der Waals surface area contributed by atoms with Crippen LogP contribution < -0.4 is 24.0 Å². The number of quaternary nitrogens is 1. The lowest BCUT2D eigenvalue weighted by Gasteiger charge is -2.32. The Hall–Kier alpha value is -2.73. The summed E-state index contributed by atoms with van der Waals surface area (Å²) in [7, 11) is 4.76. The monoisotopic (exact) mass is 627 g/mol. The number of benzene rings is 4. The van der Waals surface area contributed by atoms with Gasteiger partial charge in [0.25, 0.3) is 0 Å². The van der Waals surface area contributed by atoms with E-state index >= 15 is 0 Å².